The van der Waals surface area contributed by atoms with Crippen molar-refractivity contribution in [2.24, 2.45) is 4.99 Å². The van der Waals surface area contributed by atoms with E-state index in [1.54, 1.807) is 6.08 Å². The Kier molecular flexibility index (Phi) is 9.99. The second-order valence-electron chi connectivity index (χ2n) is 3.50. The van der Waals surface area contributed by atoms with Gasteiger partial charge in [0.25, 0.3) is 5.91 Å². The SMILES string of the molecule is CCCCCCCCC=CC(=O)N=C=O. The first-order valence-corrected chi connectivity index (χ1v) is 5.59. The van der Waals surface area contributed by atoms with E-state index in [-0.39, 0.29) is 0 Å². The van der Waals surface area contributed by atoms with E-state index in [0.717, 1.165) is 12.8 Å². The third-order valence-corrected chi connectivity index (χ3v) is 2.14. The van der Waals surface area contributed by atoms with E-state index in [9.17, 15) is 9.59 Å². The molecule has 0 unspecified atom stereocenters. The number of nitrogens with zero attached hydrogens (tertiary/aromatic N) is 1. The van der Waals surface area contributed by atoms with Crippen LogP contribution in [0, 0.1) is 0 Å². The highest BCUT2D eigenvalue weighted by atomic mass is 16.2. The van der Waals surface area contributed by atoms with Gasteiger partial charge in [-0.1, -0.05) is 45.1 Å². The van der Waals surface area contributed by atoms with E-state index in [4.69, 9.17) is 0 Å². The number of amides is 1. The van der Waals surface area contributed by atoms with Crippen molar-refractivity contribution in [2.45, 2.75) is 51.9 Å². The molecule has 0 aliphatic carbocycles. The third-order valence-electron chi connectivity index (χ3n) is 2.14. The predicted molar refractivity (Wildman–Crippen MR) is 60.3 cm³/mol. The van der Waals surface area contributed by atoms with Crippen LogP contribution in [0.3, 0.4) is 0 Å². The zero-order valence-electron chi connectivity index (χ0n) is 9.37. The lowest BCUT2D eigenvalue weighted by Gasteiger charge is -1.97. The first kappa shape index (κ1) is 13.8. The van der Waals surface area contributed by atoms with Gasteiger partial charge in [0.1, 0.15) is 0 Å². The molecule has 0 radical (unpaired) electrons. The molecule has 0 rings (SSSR count). The zero-order chi connectivity index (χ0) is 11.4. The predicted octanol–water partition coefficient (Wildman–Crippen LogP) is 3.16. The van der Waals surface area contributed by atoms with Gasteiger partial charge in [0.2, 0.25) is 6.08 Å². The molecule has 0 aliphatic heterocycles. The molecule has 0 aromatic carbocycles. The van der Waals surface area contributed by atoms with Gasteiger partial charge in [0.15, 0.2) is 0 Å². The molecule has 84 valence electrons. The van der Waals surface area contributed by atoms with E-state index in [2.05, 4.69) is 11.9 Å². The van der Waals surface area contributed by atoms with Gasteiger partial charge in [-0.3, -0.25) is 4.79 Å². The summed E-state index contributed by atoms with van der Waals surface area (Å²) in [5.74, 6) is -0.518. The van der Waals surface area contributed by atoms with Crippen LogP contribution >= 0.6 is 0 Å². The maximum atomic E-state index is 10.7. The van der Waals surface area contributed by atoms with Crippen molar-refractivity contribution in [3.05, 3.63) is 12.2 Å². The van der Waals surface area contributed by atoms with Crippen LogP contribution in [0.4, 0.5) is 0 Å². The average molecular weight is 209 g/mol. The molecule has 3 nitrogen and oxygen atoms in total. The highest BCUT2D eigenvalue weighted by molar-refractivity contribution is 5.91. The molecule has 1 amide bonds. The Morgan fingerprint density at radius 2 is 1.87 bits per heavy atom. The van der Waals surface area contributed by atoms with Gasteiger partial charge in [-0.15, -0.1) is 4.99 Å². The van der Waals surface area contributed by atoms with Crippen LogP contribution in [-0.4, -0.2) is 12.0 Å². The Bertz CT molecular complexity index is 240. The van der Waals surface area contributed by atoms with Crippen LogP contribution in [0.15, 0.2) is 17.1 Å². The molecular formula is C12H19NO2. The van der Waals surface area contributed by atoms with Gasteiger partial charge in [-0.2, -0.15) is 0 Å². The minimum absolute atomic E-state index is 0.518. The second-order valence-corrected chi connectivity index (χ2v) is 3.50. The molecule has 0 spiro atoms. The molecule has 0 aromatic rings. The van der Waals surface area contributed by atoms with Gasteiger partial charge in [-0.05, 0) is 12.8 Å². The number of hydrogen-bond donors (Lipinski definition) is 0. The van der Waals surface area contributed by atoms with Crippen molar-refractivity contribution in [1.29, 1.82) is 0 Å². The Labute approximate surface area is 91.3 Å². The number of unbranched alkanes of at least 4 members (excludes halogenated alkanes) is 6. The largest absolute Gasteiger partial charge is 0.280 e. The fraction of sp³-hybridized carbons (Fsp3) is 0.667. The first-order chi connectivity index (χ1) is 7.31. The summed E-state index contributed by atoms with van der Waals surface area (Å²) in [5.41, 5.74) is 0. The number of carbonyl (C=O) groups is 1. The van der Waals surface area contributed by atoms with Crippen molar-refractivity contribution in [3.8, 4) is 0 Å². The molecule has 0 aliphatic rings. The molecule has 0 atom stereocenters. The molecule has 0 heterocycles. The minimum atomic E-state index is -0.518. The summed E-state index contributed by atoms with van der Waals surface area (Å²) < 4.78 is 0. The Balaban J connectivity index is 3.30. The molecule has 15 heavy (non-hydrogen) atoms. The van der Waals surface area contributed by atoms with Crippen LogP contribution in [0.1, 0.15) is 51.9 Å². The van der Waals surface area contributed by atoms with Crippen molar-refractivity contribution >= 4 is 12.0 Å². The maximum Gasteiger partial charge on any atom is 0.280 e. The Morgan fingerprint density at radius 3 is 2.53 bits per heavy atom. The number of aliphatic imine (C=N–C) groups is 1. The van der Waals surface area contributed by atoms with Gasteiger partial charge >= 0.3 is 0 Å². The fourth-order valence-electron chi connectivity index (χ4n) is 1.31. The summed E-state index contributed by atoms with van der Waals surface area (Å²) in [5, 5.41) is 0. The van der Waals surface area contributed by atoms with Crippen LogP contribution in [0.25, 0.3) is 0 Å². The van der Waals surface area contributed by atoms with E-state index in [0.29, 0.717) is 0 Å². The fourth-order valence-corrected chi connectivity index (χ4v) is 1.31. The molecular weight excluding hydrogens is 190 g/mol. The van der Waals surface area contributed by atoms with Crippen molar-refractivity contribution in [2.75, 3.05) is 0 Å². The van der Waals surface area contributed by atoms with Gasteiger partial charge < -0.3 is 0 Å². The van der Waals surface area contributed by atoms with E-state index < -0.39 is 5.91 Å². The monoisotopic (exact) mass is 209 g/mol. The van der Waals surface area contributed by atoms with E-state index in [1.807, 2.05) is 0 Å². The van der Waals surface area contributed by atoms with Crippen LogP contribution in [-0.2, 0) is 9.59 Å². The smallest absolute Gasteiger partial charge is 0.267 e. The Morgan fingerprint density at radius 1 is 1.20 bits per heavy atom. The number of hydrogen-bond acceptors (Lipinski definition) is 2. The molecule has 0 saturated heterocycles. The lowest BCUT2D eigenvalue weighted by Crippen LogP contribution is -1.84. The van der Waals surface area contributed by atoms with Crippen LogP contribution < -0.4 is 0 Å². The quantitative estimate of drug-likeness (QED) is 0.267. The maximum absolute atomic E-state index is 10.7. The van der Waals surface area contributed by atoms with Crippen molar-refractivity contribution in [1.82, 2.24) is 0 Å². The van der Waals surface area contributed by atoms with Gasteiger partial charge in [-0.25, -0.2) is 4.79 Å². The number of rotatable bonds is 8. The summed E-state index contributed by atoms with van der Waals surface area (Å²) in [6.45, 7) is 2.20. The lowest BCUT2D eigenvalue weighted by molar-refractivity contribution is -0.113. The highest BCUT2D eigenvalue weighted by Gasteiger charge is 1.90. The van der Waals surface area contributed by atoms with Gasteiger partial charge in [0.05, 0.1) is 0 Å². The van der Waals surface area contributed by atoms with Crippen molar-refractivity contribution < 1.29 is 9.59 Å². The van der Waals surface area contributed by atoms with E-state index >= 15 is 0 Å². The van der Waals surface area contributed by atoms with Crippen LogP contribution in [0.2, 0.25) is 0 Å². The number of isocyanates is 1. The minimum Gasteiger partial charge on any atom is -0.267 e. The number of allylic oxidation sites excluding steroid dienone is 1. The first-order valence-electron chi connectivity index (χ1n) is 5.59. The summed E-state index contributed by atoms with van der Waals surface area (Å²) in [6.07, 6.45) is 12.6. The zero-order valence-corrected chi connectivity index (χ0v) is 9.37. The van der Waals surface area contributed by atoms with Crippen molar-refractivity contribution in [3.63, 3.8) is 0 Å². The molecule has 0 fully saturated rings. The normalized spacial score (nSPS) is 10.2. The van der Waals surface area contributed by atoms with E-state index in [1.165, 1.54) is 44.3 Å². The molecule has 0 saturated carbocycles. The highest BCUT2D eigenvalue weighted by Crippen LogP contribution is 2.06. The average Bonchev–Trinajstić information content (AvgIpc) is 2.22. The van der Waals surface area contributed by atoms with Crippen LogP contribution in [0.5, 0.6) is 0 Å². The molecule has 0 bridgehead atoms. The standard InChI is InChI=1S/C12H19NO2/c1-2-3-4-5-6-7-8-9-10-12(15)13-11-14/h9-10H,2-8H2,1H3. The summed E-state index contributed by atoms with van der Waals surface area (Å²) in [4.78, 5) is 23.4. The third kappa shape index (κ3) is 10.7. The lowest BCUT2D eigenvalue weighted by atomic mass is 10.1. The topological polar surface area (TPSA) is 46.5 Å². The van der Waals surface area contributed by atoms with Gasteiger partial charge in [0, 0.05) is 6.08 Å². The molecule has 3 heteroatoms. The molecule has 0 N–H and O–H groups in total. The summed E-state index contributed by atoms with van der Waals surface area (Å²) in [7, 11) is 0. The second kappa shape index (κ2) is 10.9. The summed E-state index contributed by atoms with van der Waals surface area (Å²) in [6, 6.07) is 0. The number of carbonyl (C=O) groups excluding carboxylic acids is 2. The Hall–Kier alpha value is -1.21. The summed E-state index contributed by atoms with van der Waals surface area (Å²) >= 11 is 0. The molecule has 0 aromatic heterocycles.